The Balaban J connectivity index is 2.26. The van der Waals surface area contributed by atoms with E-state index < -0.39 is 0 Å². The van der Waals surface area contributed by atoms with Gasteiger partial charge in [-0.1, -0.05) is 13.8 Å². The first-order valence-corrected chi connectivity index (χ1v) is 4.90. The van der Waals surface area contributed by atoms with E-state index >= 15 is 0 Å². The van der Waals surface area contributed by atoms with Crippen molar-refractivity contribution < 1.29 is 9.47 Å². The quantitative estimate of drug-likeness (QED) is 0.689. The van der Waals surface area contributed by atoms with E-state index in [-0.39, 0.29) is 6.29 Å². The molecular formula is C10H20N2O2. The number of hydrogen-bond donors (Lipinski definition) is 1. The van der Waals surface area contributed by atoms with Gasteiger partial charge in [0.15, 0.2) is 6.29 Å². The molecule has 1 N–H and O–H groups in total. The van der Waals surface area contributed by atoms with Crippen molar-refractivity contribution in [3.63, 3.8) is 0 Å². The molecule has 0 bridgehead atoms. The molecule has 1 heterocycles. The van der Waals surface area contributed by atoms with Crippen molar-refractivity contribution in [1.82, 2.24) is 5.32 Å². The summed E-state index contributed by atoms with van der Waals surface area (Å²) in [6.07, 6.45) is 0.814. The molecule has 82 valence electrons. The predicted octanol–water partition coefficient (Wildman–Crippen LogP) is 1.02. The average molecular weight is 200 g/mol. The molecule has 0 atom stereocenters. The first-order chi connectivity index (χ1) is 6.57. The molecule has 1 rings (SSSR count). The molecule has 4 heteroatoms. The fourth-order valence-electron chi connectivity index (χ4n) is 1.46. The Morgan fingerprint density at radius 1 is 1.43 bits per heavy atom. The van der Waals surface area contributed by atoms with E-state index in [0.29, 0.717) is 12.0 Å². The van der Waals surface area contributed by atoms with Crippen LogP contribution in [0.2, 0.25) is 0 Å². The van der Waals surface area contributed by atoms with Gasteiger partial charge in [0, 0.05) is 27.2 Å². The highest BCUT2D eigenvalue weighted by atomic mass is 16.7. The largest absolute Gasteiger partial charge is 0.369 e. The van der Waals surface area contributed by atoms with Crippen LogP contribution in [0, 0.1) is 5.41 Å². The van der Waals surface area contributed by atoms with Gasteiger partial charge in [-0.2, -0.15) is 0 Å². The van der Waals surface area contributed by atoms with Crippen LogP contribution in [0.3, 0.4) is 0 Å². The molecular weight excluding hydrogens is 180 g/mol. The van der Waals surface area contributed by atoms with Crippen molar-refractivity contribution in [3.05, 3.63) is 0 Å². The van der Waals surface area contributed by atoms with Crippen LogP contribution in [0.1, 0.15) is 20.3 Å². The van der Waals surface area contributed by atoms with Crippen LogP contribution in [0.15, 0.2) is 4.99 Å². The highest BCUT2D eigenvalue weighted by molar-refractivity contribution is 5.84. The topological polar surface area (TPSA) is 42.8 Å². The van der Waals surface area contributed by atoms with Crippen LogP contribution in [0.25, 0.3) is 0 Å². The zero-order valence-corrected chi connectivity index (χ0v) is 9.46. The van der Waals surface area contributed by atoms with Crippen molar-refractivity contribution in [2.75, 3.05) is 27.3 Å². The van der Waals surface area contributed by atoms with Crippen molar-refractivity contribution >= 4 is 5.84 Å². The molecule has 1 aliphatic rings. The van der Waals surface area contributed by atoms with E-state index in [2.05, 4.69) is 24.2 Å². The molecule has 0 saturated heterocycles. The van der Waals surface area contributed by atoms with E-state index in [9.17, 15) is 0 Å². The highest BCUT2D eigenvalue weighted by Crippen LogP contribution is 2.25. The van der Waals surface area contributed by atoms with E-state index in [1.165, 1.54) is 0 Å². The summed E-state index contributed by atoms with van der Waals surface area (Å²) in [4.78, 5) is 4.42. The second-order valence-corrected chi connectivity index (χ2v) is 4.39. The van der Waals surface area contributed by atoms with Gasteiger partial charge in [-0.05, 0) is 5.41 Å². The van der Waals surface area contributed by atoms with E-state index in [1.807, 2.05) is 0 Å². The van der Waals surface area contributed by atoms with Crippen LogP contribution < -0.4 is 5.32 Å². The maximum Gasteiger partial charge on any atom is 0.173 e. The second kappa shape index (κ2) is 4.75. The molecule has 0 amide bonds. The lowest BCUT2D eigenvalue weighted by Gasteiger charge is -2.17. The number of nitrogens with zero attached hydrogens (tertiary/aromatic N) is 1. The lowest BCUT2D eigenvalue weighted by atomic mass is 9.92. The number of methoxy groups -OCH3 is 2. The molecule has 0 unspecified atom stereocenters. The summed E-state index contributed by atoms with van der Waals surface area (Å²) in [5.41, 5.74) is 0.304. The summed E-state index contributed by atoms with van der Waals surface area (Å²) >= 11 is 0. The van der Waals surface area contributed by atoms with Gasteiger partial charge >= 0.3 is 0 Å². The van der Waals surface area contributed by atoms with E-state index in [4.69, 9.17) is 9.47 Å². The molecule has 0 aromatic heterocycles. The van der Waals surface area contributed by atoms with Gasteiger partial charge in [0.05, 0.1) is 12.4 Å². The predicted molar refractivity (Wildman–Crippen MR) is 56.5 cm³/mol. The van der Waals surface area contributed by atoms with Gasteiger partial charge in [-0.25, -0.2) is 0 Å². The molecule has 0 aromatic carbocycles. The summed E-state index contributed by atoms with van der Waals surface area (Å²) in [7, 11) is 3.27. The van der Waals surface area contributed by atoms with Crippen molar-refractivity contribution in [2.24, 2.45) is 10.4 Å². The number of aliphatic imine (C=N–C) groups is 1. The Morgan fingerprint density at radius 2 is 2.07 bits per heavy atom. The van der Waals surface area contributed by atoms with Gasteiger partial charge in [0.1, 0.15) is 0 Å². The SMILES string of the molecule is COC(CNC1=NCC(C)(C)C1)OC. The zero-order chi connectivity index (χ0) is 10.6. The fourth-order valence-corrected chi connectivity index (χ4v) is 1.46. The van der Waals surface area contributed by atoms with E-state index in [1.54, 1.807) is 14.2 Å². The van der Waals surface area contributed by atoms with Gasteiger partial charge < -0.3 is 14.8 Å². The third-order valence-electron chi connectivity index (χ3n) is 2.34. The summed E-state index contributed by atoms with van der Waals surface area (Å²) in [6, 6.07) is 0. The molecule has 1 aliphatic heterocycles. The van der Waals surface area contributed by atoms with Gasteiger partial charge in [-0.3, -0.25) is 4.99 Å². The molecule has 14 heavy (non-hydrogen) atoms. The molecule has 0 radical (unpaired) electrons. The number of nitrogens with one attached hydrogen (secondary N) is 1. The molecule has 0 aliphatic carbocycles. The minimum absolute atomic E-state index is 0.193. The maximum atomic E-state index is 5.07. The van der Waals surface area contributed by atoms with Crippen LogP contribution in [-0.2, 0) is 9.47 Å². The number of hydrogen-bond acceptors (Lipinski definition) is 4. The summed E-state index contributed by atoms with van der Waals surface area (Å²) in [6.45, 7) is 5.99. The smallest absolute Gasteiger partial charge is 0.173 e. The Bertz CT molecular complexity index is 210. The standard InChI is InChI=1S/C10H20N2O2/c1-10(2)5-8(12-7-10)11-6-9(13-3)14-4/h9H,5-7H2,1-4H3,(H,11,12). The van der Waals surface area contributed by atoms with Gasteiger partial charge in [0.2, 0.25) is 0 Å². The van der Waals surface area contributed by atoms with Crippen LogP contribution in [0.4, 0.5) is 0 Å². The second-order valence-electron chi connectivity index (χ2n) is 4.39. The third-order valence-corrected chi connectivity index (χ3v) is 2.34. The minimum atomic E-state index is -0.193. The van der Waals surface area contributed by atoms with Crippen molar-refractivity contribution in [1.29, 1.82) is 0 Å². The summed E-state index contributed by atoms with van der Waals surface area (Å²) in [5, 5.41) is 3.24. The molecule has 0 fully saturated rings. The number of amidine groups is 1. The molecule has 0 saturated carbocycles. The minimum Gasteiger partial charge on any atom is -0.369 e. The Kier molecular flexibility index (Phi) is 3.89. The molecule has 4 nitrogen and oxygen atoms in total. The average Bonchev–Trinajstić information content (AvgIpc) is 2.47. The fraction of sp³-hybridized carbons (Fsp3) is 0.900. The highest BCUT2D eigenvalue weighted by Gasteiger charge is 2.26. The van der Waals surface area contributed by atoms with Crippen molar-refractivity contribution in [3.8, 4) is 0 Å². The van der Waals surface area contributed by atoms with Crippen LogP contribution >= 0.6 is 0 Å². The first kappa shape index (κ1) is 11.5. The Labute approximate surface area is 85.7 Å². The van der Waals surface area contributed by atoms with Gasteiger partial charge in [-0.15, -0.1) is 0 Å². The Hall–Kier alpha value is -0.610. The van der Waals surface area contributed by atoms with Gasteiger partial charge in [0.25, 0.3) is 0 Å². The van der Waals surface area contributed by atoms with E-state index in [0.717, 1.165) is 18.8 Å². The number of ether oxygens (including phenoxy) is 2. The van der Waals surface area contributed by atoms with Crippen molar-refractivity contribution in [2.45, 2.75) is 26.6 Å². The monoisotopic (exact) mass is 200 g/mol. The third kappa shape index (κ3) is 3.27. The maximum absolute atomic E-state index is 5.07. The molecule has 0 spiro atoms. The normalized spacial score (nSPS) is 19.9. The summed E-state index contributed by atoms with van der Waals surface area (Å²) in [5.74, 6) is 1.06. The van der Waals surface area contributed by atoms with Crippen LogP contribution in [-0.4, -0.2) is 39.4 Å². The molecule has 0 aromatic rings. The Morgan fingerprint density at radius 3 is 2.50 bits per heavy atom. The van der Waals surface area contributed by atoms with Crippen LogP contribution in [0.5, 0.6) is 0 Å². The first-order valence-electron chi connectivity index (χ1n) is 4.90. The lowest BCUT2D eigenvalue weighted by molar-refractivity contribution is -0.0965. The lowest BCUT2D eigenvalue weighted by Crippen LogP contribution is -2.34. The number of rotatable bonds is 4. The summed E-state index contributed by atoms with van der Waals surface area (Å²) < 4.78 is 10.1. The zero-order valence-electron chi connectivity index (χ0n) is 9.46.